The number of hydrogen-bond donors (Lipinski definition) is 1. The van der Waals surface area contributed by atoms with E-state index in [0.29, 0.717) is 13.2 Å². The van der Waals surface area contributed by atoms with Gasteiger partial charge in [0.2, 0.25) is 0 Å². The molecule has 0 aliphatic heterocycles. The third kappa shape index (κ3) is 21.0. The fourth-order valence-electron chi connectivity index (χ4n) is 4.10. The highest BCUT2D eigenvalue weighted by Crippen LogP contribution is 2.20. The number of aliphatic hydroxyl groups is 1. The van der Waals surface area contributed by atoms with E-state index in [0.717, 1.165) is 58.0 Å². The molecule has 0 saturated carbocycles. The number of unbranched alkanes of at least 4 members (excludes halogenated alkanes) is 12. The van der Waals surface area contributed by atoms with E-state index in [2.05, 4.69) is 25.8 Å². The van der Waals surface area contributed by atoms with Crippen molar-refractivity contribution in [2.75, 3.05) is 33.4 Å². The maximum atomic E-state index is 12.6. The van der Waals surface area contributed by atoms with Gasteiger partial charge in [0.15, 0.2) is 0 Å². The van der Waals surface area contributed by atoms with Crippen molar-refractivity contribution in [2.45, 2.75) is 129 Å². The van der Waals surface area contributed by atoms with Gasteiger partial charge in [-0.25, -0.2) is 0 Å². The Balaban J connectivity index is 3.92. The average Bonchev–Trinajstić information content (AvgIpc) is 2.76. The number of esters is 1. The van der Waals surface area contributed by atoms with Gasteiger partial charge in [-0.3, -0.25) is 4.79 Å². The van der Waals surface area contributed by atoms with Crippen LogP contribution in [0.1, 0.15) is 129 Å². The van der Waals surface area contributed by atoms with Crippen molar-refractivity contribution in [1.82, 2.24) is 4.90 Å². The molecule has 0 aromatic carbocycles. The van der Waals surface area contributed by atoms with Crippen molar-refractivity contribution in [3.8, 4) is 0 Å². The lowest BCUT2D eigenvalue weighted by Gasteiger charge is -2.17. The fraction of sp³-hybridized carbons (Fsp3) is 0.963. The summed E-state index contributed by atoms with van der Waals surface area (Å²) in [6.07, 6.45) is 21.1. The van der Waals surface area contributed by atoms with E-state index >= 15 is 0 Å². The average molecular weight is 442 g/mol. The summed E-state index contributed by atoms with van der Waals surface area (Å²) in [5.41, 5.74) is 0. The van der Waals surface area contributed by atoms with Gasteiger partial charge in [-0.15, -0.1) is 0 Å². The van der Waals surface area contributed by atoms with Crippen LogP contribution in [-0.2, 0) is 9.53 Å². The lowest BCUT2D eigenvalue weighted by atomic mass is 9.94. The molecule has 0 radical (unpaired) electrons. The van der Waals surface area contributed by atoms with Crippen molar-refractivity contribution < 1.29 is 14.6 Å². The molecule has 4 heteroatoms. The van der Waals surface area contributed by atoms with Crippen LogP contribution in [0.5, 0.6) is 0 Å². The van der Waals surface area contributed by atoms with Gasteiger partial charge in [0.25, 0.3) is 0 Å². The van der Waals surface area contributed by atoms with Crippen molar-refractivity contribution in [3.05, 3.63) is 0 Å². The van der Waals surface area contributed by atoms with Crippen LogP contribution in [0.2, 0.25) is 0 Å². The van der Waals surface area contributed by atoms with E-state index in [4.69, 9.17) is 9.84 Å². The monoisotopic (exact) mass is 441 g/mol. The van der Waals surface area contributed by atoms with Gasteiger partial charge in [-0.1, -0.05) is 90.9 Å². The molecule has 1 N–H and O–H groups in total. The van der Waals surface area contributed by atoms with E-state index in [9.17, 15) is 4.79 Å². The number of nitrogens with zero attached hydrogens (tertiary/aromatic N) is 1. The minimum Gasteiger partial charge on any atom is -0.465 e. The molecule has 31 heavy (non-hydrogen) atoms. The summed E-state index contributed by atoms with van der Waals surface area (Å²) in [7, 11) is 2.16. The predicted octanol–water partition coefficient (Wildman–Crippen LogP) is 7.13. The van der Waals surface area contributed by atoms with Crippen molar-refractivity contribution in [2.24, 2.45) is 5.92 Å². The number of carbonyl (C=O) groups excluding carboxylic acids is 1. The summed E-state index contributed by atoms with van der Waals surface area (Å²) in [4.78, 5) is 15.0. The van der Waals surface area contributed by atoms with Crippen LogP contribution < -0.4 is 0 Å². The lowest BCUT2D eigenvalue weighted by Crippen LogP contribution is -2.21. The van der Waals surface area contributed by atoms with Gasteiger partial charge in [0, 0.05) is 6.61 Å². The Morgan fingerprint density at radius 1 is 0.710 bits per heavy atom. The number of rotatable bonds is 24. The Labute approximate surface area is 194 Å². The predicted molar refractivity (Wildman–Crippen MR) is 133 cm³/mol. The van der Waals surface area contributed by atoms with E-state index in [1.807, 2.05) is 0 Å². The molecule has 0 aromatic rings. The SMILES string of the molecule is CCCCCCCCC(CCCCCC)C(=O)OCCCCCCN(C)CCCCO. The smallest absolute Gasteiger partial charge is 0.308 e. The highest BCUT2D eigenvalue weighted by molar-refractivity contribution is 5.72. The van der Waals surface area contributed by atoms with Gasteiger partial charge in [-0.2, -0.15) is 0 Å². The second-order valence-corrected chi connectivity index (χ2v) is 9.42. The normalized spacial score (nSPS) is 12.4. The molecule has 186 valence electrons. The zero-order chi connectivity index (χ0) is 23.0. The molecule has 0 spiro atoms. The van der Waals surface area contributed by atoms with Crippen molar-refractivity contribution in [3.63, 3.8) is 0 Å². The number of carbonyl (C=O) groups is 1. The molecule has 0 rings (SSSR count). The van der Waals surface area contributed by atoms with Gasteiger partial charge < -0.3 is 14.7 Å². The first-order chi connectivity index (χ1) is 15.2. The maximum Gasteiger partial charge on any atom is 0.308 e. The Bertz CT molecular complexity index is 375. The molecule has 0 aromatic heterocycles. The Morgan fingerprint density at radius 3 is 1.81 bits per heavy atom. The van der Waals surface area contributed by atoms with Crippen LogP contribution >= 0.6 is 0 Å². The molecular weight excluding hydrogens is 386 g/mol. The van der Waals surface area contributed by atoms with Gasteiger partial charge in [-0.05, 0) is 58.7 Å². The number of ether oxygens (including phenoxy) is 1. The Hall–Kier alpha value is -0.610. The highest BCUT2D eigenvalue weighted by Gasteiger charge is 2.19. The lowest BCUT2D eigenvalue weighted by molar-refractivity contribution is -0.149. The summed E-state index contributed by atoms with van der Waals surface area (Å²) < 4.78 is 5.68. The van der Waals surface area contributed by atoms with Crippen LogP contribution in [0.3, 0.4) is 0 Å². The summed E-state index contributed by atoms with van der Waals surface area (Å²) in [6.45, 7) is 7.55. The van der Waals surface area contributed by atoms with Gasteiger partial charge in [0.1, 0.15) is 0 Å². The molecule has 0 amide bonds. The van der Waals surface area contributed by atoms with Crippen molar-refractivity contribution in [1.29, 1.82) is 0 Å². The Morgan fingerprint density at radius 2 is 1.19 bits per heavy atom. The number of aliphatic hydroxyl groups excluding tert-OH is 1. The van der Waals surface area contributed by atoms with E-state index in [1.54, 1.807) is 0 Å². The zero-order valence-corrected chi connectivity index (χ0v) is 21.3. The molecule has 0 saturated heterocycles. The Kier molecular flexibility index (Phi) is 23.6. The molecule has 0 fully saturated rings. The van der Waals surface area contributed by atoms with Crippen LogP contribution in [0.15, 0.2) is 0 Å². The second kappa shape index (κ2) is 24.0. The third-order valence-corrected chi connectivity index (χ3v) is 6.27. The summed E-state index contributed by atoms with van der Waals surface area (Å²) in [5, 5.41) is 8.84. The molecule has 1 atom stereocenters. The summed E-state index contributed by atoms with van der Waals surface area (Å²) >= 11 is 0. The molecule has 0 aliphatic carbocycles. The maximum absolute atomic E-state index is 12.6. The van der Waals surface area contributed by atoms with Gasteiger partial charge in [0.05, 0.1) is 12.5 Å². The largest absolute Gasteiger partial charge is 0.465 e. The zero-order valence-electron chi connectivity index (χ0n) is 21.3. The molecule has 0 heterocycles. The third-order valence-electron chi connectivity index (χ3n) is 6.27. The standard InChI is InChI=1S/C27H55NO3/c1-4-6-8-10-11-15-21-26(20-14-9-7-5-2)27(30)31-25-19-13-12-16-22-28(3)23-17-18-24-29/h26,29H,4-25H2,1-3H3. The topological polar surface area (TPSA) is 49.8 Å². The van der Waals surface area contributed by atoms with E-state index in [-0.39, 0.29) is 11.9 Å². The van der Waals surface area contributed by atoms with Crippen LogP contribution in [0.4, 0.5) is 0 Å². The summed E-state index contributed by atoms with van der Waals surface area (Å²) in [6, 6.07) is 0. The fourth-order valence-corrected chi connectivity index (χ4v) is 4.10. The number of hydrogen-bond acceptors (Lipinski definition) is 4. The van der Waals surface area contributed by atoms with Crippen LogP contribution in [0, 0.1) is 5.92 Å². The van der Waals surface area contributed by atoms with Crippen LogP contribution in [0.25, 0.3) is 0 Å². The molecular formula is C27H55NO3. The van der Waals surface area contributed by atoms with Gasteiger partial charge >= 0.3 is 5.97 Å². The first-order valence-corrected chi connectivity index (χ1v) is 13.6. The minimum absolute atomic E-state index is 0.0636. The van der Waals surface area contributed by atoms with E-state index < -0.39 is 0 Å². The first-order valence-electron chi connectivity index (χ1n) is 13.6. The second-order valence-electron chi connectivity index (χ2n) is 9.42. The van der Waals surface area contributed by atoms with Crippen LogP contribution in [-0.4, -0.2) is 49.3 Å². The quantitative estimate of drug-likeness (QED) is 0.128. The van der Waals surface area contributed by atoms with Crippen molar-refractivity contribution >= 4 is 5.97 Å². The minimum atomic E-state index is 0.0636. The molecule has 1 unspecified atom stereocenters. The molecule has 0 bridgehead atoms. The molecule has 4 nitrogen and oxygen atoms in total. The first kappa shape index (κ1) is 30.4. The molecule has 0 aliphatic rings. The van der Waals surface area contributed by atoms with E-state index in [1.165, 1.54) is 70.6 Å². The summed E-state index contributed by atoms with van der Waals surface area (Å²) in [5.74, 6) is 0.185. The highest BCUT2D eigenvalue weighted by atomic mass is 16.5.